The van der Waals surface area contributed by atoms with Crippen LogP contribution in [-0.4, -0.2) is 17.7 Å². The molecular weight excluding hydrogens is 374 g/mol. The summed E-state index contributed by atoms with van der Waals surface area (Å²) in [6.45, 7) is 6.21. The van der Waals surface area contributed by atoms with E-state index in [1.54, 1.807) is 43.6 Å². The molecule has 29 heavy (non-hydrogen) atoms. The van der Waals surface area contributed by atoms with E-state index in [1.807, 2.05) is 6.92 Å². The third-order valence-corrected chi connectivity index (χ3v) is 5.26. The maximum Gasteiger partial charge on any atom is 0.246 e. The number of benzene rings is 2. The molecule has 2 atom stereocenters. The molecule has 0 aliphatic heterocycles. The van der Waals surface area contributed by atoms with Crippen LogP contribution in [0, 0.1) is 31.4 Å². The van der Waals surface area contributed by atoms with Crippen LogP contribution in [-0.2, 0) is 11.2 Å². The molecule has 4 nitrogen and oxygen atoms in total. The van der Waals surface area contributed by atoms with E-state index in [1.165, 1.54) is 12.1 Å². The van der Waals surface area contributed by atoms with Crippen LogP contribution >= 0.6 is 0 Å². The Kier molecular flexibility index (Phi) is 8.73. The summed E-state index contributed by atoms with van der Waals surface area (Å²) in [5.74, 6) is -1.27. The molecule has 3 N–H and O–H groups in total. The molecule has 0 aliphatic carbocycles. The first-order valence-corrected chi connectivity index (χ1v) is 10.00. The monoisotopic (exact) mass is 404 g/mol. The largest absolute Gasteiger partial charge is 0.310 e. The van der Waals surface area contributed by atoms with E-state index in [2.05, 4.69) is 5.32 Å². The van der Waals surface area contributed by atoms with Gasteiger partial charge in [-0.15, -0.1) is 0 Å². The van der Waals surface area contributed by atoms with Crippen LogP contribution in [0.5, 0.6) is 0 Å². The first-order chi connectivity index (χ1) is 13.8. The number of hydrogen-bond donors (Lipinski definition) is 3. The molecule has 0 unspecified atom stereocenters. The van der Waals surface area contributed by atoms with Gasteiger partial charge in [0.25, 0.3) is 0 Å². The first-order valence-electron chi connectivity index (χ1n) is 10.00. The number of halogens is 2. The van der Waals surface area contributed by atoms with Gasteiger partial charge in [0.1, 0.15) is 11.6 Å². The molecule has 2 aromatic carbocycles. The quantitative estimate of drug-likeness (QED) is 0.304. The van der Waals surface area contributed by atoms with Crippen molar-refractivity contribution < 1.29 is 18.8 Å². The predicted octanol–water partition coefficient (Wildman–Crippen LogP) is 4.77. The summed E-state index contributed by atoms with van der Waals surface area (Å²) in [6.07, 6.45) is 2.74. The molecule has 0 bridgehead atoms. The third-order valence-electron chi connectivity index (χ3n) is 5.26. The molecule has 0 fully saturated rings. The summed E-state index contributed by atoms with van der Waals surface area (Å²) in [5.41, 5.74) is 4.77. The molecule has 6 heteroatoms. The van der Waals surface area contributed by atoms with Crippen LogP contribution in [0.3, 0.4) is 0 Å². The molecule has 0 saturated carbocycles. The summed E-state index contributed by atoms with van der Waals surface area (Å²) in [4.78, 5) is 12.1. The lowest BCUT2D eigenvalue weighted by Gasteiger charge is -2.17. The normalized spacial score (nSPS) is 13.2. The SMILES string of the molecule is Cc1cc(C[C@H](CCCCN[C@@H](C)c2ccc(F)cc2)C(=O)NO)cc(C)c1F. The first kappa shape index (κ1) is 23.0. The highest BCUT2D eigenvalue weighted by Gasteiger charge is 2.19. The van der Waals surface area contributed by atoms with Crippen molar-refractivity contribution in [1.29, 1.82) is 0 Å². The zero-order valence-electron chi connectivity index (χ0n) is 17.3. The minimum absolute atomic E-state index is 0.109. The molecule has 0 saturated heterocycles. The van der Waals surface area contributed by atoms with Gasteiger partial charge in [0.05, 0.1) is 0 Å². The van der Waals surface area contributed by atoms with Crippen molar-refractivity contribution in [3.8, 4) is 0 Å². The Labute approximate surface area is 171 Å². The molecule has 0 aromatic heterocycles. The number of hydrogen-bond acceptors (Lipinski definition) is 3. The van der Waals surface area contributed by atoms with E-state index in [0.29, 0.717) is 24.0 Å². The van der Waals surface area contributed by atoms with Crippen molar-refractivity contribution in [2.75, 3.05) is 6.54 Å². The predicted molar refractivity (Wildman–Crippen MR) is 110 cm³/mol. The highest BCUT2D eigenvalue weighted by atomic mass is 19.1. The Bertz CT molecular complexity index is 786. The van der Waals surface area contributed by atoms with Crippen molar-refractivity contribution in [2.24, 2.45) is 5.92 Å². The van der Waals surface area contributed by atoms with Crippen molar-refractivity contribution in [1.82, 2.24) is 10.8 Å². The summed E-state index contributed by atoms with van der Waals surface area (Å²) in [7, 11) is 0. The van der Waals surface area contributed by atoms with Crippen molar-refractivity contribution in [2.45, 2.75) is 52.5 Å². The lowest BCUT2D eigenvalue weighted by Crippen LogP contribution is -2.29. The summed E-state index contributed by atoms with van der Waals surface area (Å²) < 4.78 is 26.8. The minimum atomic E-state index is -0.419. The van der Waals surface area contributed by atoms with Gasteiger partial charge in [-0.2, -0.15) is 0 Å². The van der Waals surface area contributed by atoms with Gasteiger partial charge in [-0.25, -0.2) is 14.3 Å². The molecule has 0 heterocycles. The highest BCUT2D eigenvalue weighted by Crippen LogP contribution is 2.21. The smallest absolute Gasteiger partial charge is 0.246 e. The average Bonchev–Trinajstić information content (AvgIpc) is 2.70. The average molecular weight is 405 g/mol. The molecule has 158 valence electrons. The number of unbranched alkanes of at least 4 members (excludes halogenated alkanes) is 1. The fourth-order valence-corrected chi connectivity index (χ4v) is 3.56. The number of nitrogens with one attached hydrogen (secondary N) is 2. The van der Waals surface area contributed by atoms with Crippen molar-refractivity contribution >= 4 is 5.91 Å². The highest BCUT2D eigenvalue weighted by molar-refractivity contribution is 5.77. The summed E-state index contributed by atoms with van der Waals surface area (Å²) >= 11 is 0. The lowest BCUT2D eigenvalue weighted by molar-refractivity contribution is -0.133. The van der Waals surface area contributed by atoms with Crippen LogP contribution in [0.2, 0.25) is 0 Å². The molecule has 0 radical (unpaired) electrons. The molecule has 0 aliphatic rings. The Morgan fingerprint density at radius 2 is 1.69 bits per heavy atom. The number of carbonyl (C=O) groups excluding carboxylic acids is 1. The van der Waals surface area contributed by atoms with E-state index < -0.39 is 5.91 Å². The van der Waals surface area contributed by atoms with E-state index in [0.717, 1.165) is 30.5 Å². The van der Waals surface area contributed by atoms with Crippen molar-refractivity contribution in [3.05, 3.63) is 70.3 Å². The van der Waals surface area contributed by atoms with E-state index in [4.69, 9.17) is 5.21 Å². The second-order valence-electron chi connectivity index (χ2n) is 7.64. The molecule has 0 spiro atoms. The fourth-order valence-electron chi connectivity index (χ4n) is 3.56. The van der Waals surface area contributed by atoms with Gasteiger partial charge in [-0.05, 0) is 81.0 Å². The van der Waals surface area contributed by atoms with Crippen LogP contribution < -0.4 is 10.8 Å². The van der Waals surface area contributed by atoms with E-state index in [9.17, 15) is 13.6 Å². The lowest BCUT2D eigenvalue weighted by atomic mass is 9.91. The standard InChI is InChI=1S/C23H30F2N2O2/c1-15-12-18(13-16(2)22(15)25)14-20(23(28)27-29)6-4-5-11-26-17(3)19-7-9-21(24)10-8-19/h7-10,12-13,17,20,26,29H,4-6,11,14H2,1-3H3,(H,27,28)/t17-,20-/m0/s1. The van der Waals surface area contributed by atoms with Gasteiger partial charge < -0.3 is 5.32 Å². The Morgan fingerprint density at radius 1 is 1.07 bits per heavy atom. The Hall–Kier alpha value is -2.31. The summed E-state index contributed by atoms with van der Waals surface area (Å²) in [6, 6.07) is 10.0. The minimum Gasteiger partial charge on any atom is -0.310 e. The number of amides is 1. The second-order valence-corrected chi connectivity index (χ2v) is 7.64. The number of hydroxylamine groups is 1. The zero-order chi connectivity index (χ0) is 21.4. The molecular formula is C23H30F2N2O2. The van der Waals surface area contributed by atoms with Crippen LogP contribution in [0.1, 0.15) is 54.5 Å². The number of aryl methyl sites for hydroxylation is 2. The van der Waals surface area contributed by atoms with Gasteiger partial charge in [0.15, 0.2) is 0 Å². The van der Waals surface area contributed by atoms with Gasteiger partial charge in [-0.3, -0.25) is 10.0 Å². The fraction of sp³-hybridized carbons (Fsp3) is 0.435. The van der Waals surface area contributed by atoms with Crippen LogP contribution in [0.4, 0.5) is 8.78 Å². The maximum atomic E-state index is 13.8. The van der Waals surface area contributed by atoms with Crippen molar-refractivity contribution in [3.63, 3.8) is 0 Å². The summed E-state index contributed by atoms with van der Waals surface area (Å²) in [5, 5.41) is 12.5. The Morgan fingerprint density at radius 3 is 2.28 bits per heavy atom. The van der Waals surface area contributed by atoms with Crippen LogP contribution in [0.25, 0.3) is 0 Å². The number of carbonyl (C=O) groups is 1. The van der Waals surface area contributed by atoms with Gasteiger partial charge in [0, 0.05) is 12.0 Å². The zero-order valence-corrected chi connectivity index (χ0v) is 17.3. The maximum absolute atomic E-state index is 13.8. The third kappa shape index (κ3) is 6.91. The van der Waals surface area contributed by atoms with Gasteiger partial charge in [-0.1, -0.05) is 30.7 Å². The second kappa shape index (κ2) is 11.0. The Balaban J connectivity index is 1.83. The molecule has 2 rings (SSSR count). The van der Waals surface area contributed by atoms with Crippen LogP contribution in [0.15, 0.2) is 36.4 Å². The molecule has 2 aromatic rings. The van der Waals surface area contributed by atoms with E-state index >= 15 is 0 Å². The topological polar surface area (TPSA) is 61.4 Å². The molecule has 1 amide bonds. The van der Waals surface area contributed by atoms with Gasteiger partial charge >= 0.3 is 0 Å². The number of rotatable bonds is 10. The van der Waals surface area contributed by atoms with E-state index in [-0.39, 0.29) is 23.6 Å². The van der Waals surface area contributed by atoms with Gasteiger partial charge in [0.2, 0.25) is 5.91 Å².